The minimum absolute atomic E-state index is 0.107. The lowest BCUT2D eigenvalue weighted by atomic mass is 9.93. The van der Waals surface area contributed by atoms with Gasteiger partial charge in [-0.3, -0.25) is 4.79 Å². The number of nitrogens with zero attached hydrogens (tertiary/aromatic N) is 4. The number of amides is 1. The summed E-state index contributed by atoms with van der Waals surface area (Å²) in [4.78, 5) is 25.2. The van der Waals surface area contributed by atoms with Crippen LogP contribution in [0.2, 0.25) is 0 Å². The van der Waals surface area contributed by atoms with Gasteiger partial charge in [0.05, 0.1) is 17.8 Å². The molecule has 158 valence electrons. The van der Waals surface area contributed by atoms with Crippen LogP contribution in [-0.2, 0) is 9.53 Å². The first-order chi connectivity index (χ1) is 14.7. The summed E-state index contributed by atoms with van der Waals surface area (Å²) in [5.41, 5.74) is 2.08. The summed E-state index contributed by atoms with van der Waals surface area (Å²) >= 11 is 1.62. The van der Waals surface area contributed by atoms with Crippen LogP contribution in [0.15, 0.2) is 30.7 Å². The van der Waals surface area contributed by atoms with E-state index in [9.17, 15) is 4.79 Å². The Labute approximate surface area is 179 Å². The summed E-state index contributed by atoms with van der Waals surface area (Å²) in [6, 6.07) is 4.08. The Morgan fingerprint density at radius 2 is 2.23 bits per heavy atom. The summed E-state index contributed by atoms with van der Waals surface area (Å²) in [5, 5.41) is 7.47. The second-order valence-electron chi connectivity index (χ2n) is 7.88. The first-order valence-corrected chi connectivity index (χ1v) is 11.3. The van der Waals surface area contributed by atoms with Gasteiger partial charge in [-0.15, -0.1) is 11.3 Å². The average Bonchev–Trinajstić information content (AvgIpc) is 3.43. The lowest BCUT2D eigenvalue weighted by Crippen LogP contribution is -2.51. The third kappa shape index (κ3) is 3.92. The van der Waals surface area contributed by atoms with E-state index >= 15 is 0 Å². The predicted molar refractivity (Wildman–Crippen MR) is 116 cm³/mol. The van der Waals surface area contributed by atoms with Crippen molar-refractivity contribution in [3.63, 3.8) is 0 Å². The molecule has 1 amide bonds. The molecule has 2 aliphatic rings. The van der Waals surface area contributed by atoms with Crippen LogP contribution in [0.4, 0.5) is 10.9 Å². The summed E-state index contributed by atoms with van der Waals surface area (Å²) in [5.74, 6) is 1.26. The smallest absolute Gasteiger partial charge is 0.253 e. The van der Waals surface area contributed by atoms with Crippen molar-refractivity contribution in [1.82, 2.24) is 24.6 Å². The van der Waals surface area contributed by atoms with Gasteiger partial charge in [0.25, 0.3) is 5.91 Å². The van der Waals surface area contributed by atoms with E-state index in [1.807, 2.05) is 30.3 Å². The predicted octanol–water partition coefficient (Wildman–Crippen LogP) is 2.54. The van der Waals surface area contributed by atoms with Crippen molar-refractivity contribution in [2.24, 2.45) is 0 Å². The topological polar surface area (TPSA) is 83.8 Å². The molecule has 30 heavy (non-hydrogen) atoms. The maximum atomic E-state index is 12.7. The Kier molecular flexibility index (Phi) is 5.41. The number of ether oxygens (including phenoxy) is 1. The zero-order valence-electron chi connectivity index (χ0n) is 17.0. The van der Waals surface area contributed by atoms with Gasteiger partial charge in [-0.1, -0.05) is 0 Å². The lowest BCUT2D eigenvalue weighted by molar-refractivity contribution is -0.146. The molecule has 3 aromatic rings. The van der Waals surface area contributed by atoms with E-state index in [1.165, 1.54) is 0 Å². The van der Waals surface area contributed by atoms with E-state index in [0.717, 1.165) is 59.5 Å². The highest BCUT2D eigenvalue weighted by atomic mass is 32.1. The molecule has 2 saturated heterocycles. The second-order valence-corrected chi connectivity index (χ2v) is 9.11. The van der Waals surface area contributed by atoms with Crippen LogP contribution in [0.3, 0.4) is 0 Å². The van der Waals surface area contributed by atoms with E-state index in [1.54, 1.807) is 11.3 Å². The van der Waals surface area contributed by atoms with Gasteiger partial charge in [0.2, 0.25) is 0 Å². The molecule has 0 aromatic carbocycles. The van der Waals surface area contributed by atoms with Crippen LogP contribution in [0.25, 0.3) is 5.52 Å². The second kappa shape index (κ2) is 8.33. The number of hydrogen-bond donors (Lipinski definition) is 2. The van der Waals surface area contributed by atoms with Gasteiger partial charge in [0.1, 0.15) is 6.10 Å². The number of aryl methyl sites for hydroxylation is 1. The number of carbonyl (C=O) groups excluding carboxylic acids is 1. The molecule has 0 bridgehead atoms. The third-order valence-electron chi connectivity index (χ3n) is 5.81. The van der Waals surface area contributed by atoms with E-state index < -0.39 is 0 Å². The summed E-state index contributed by atoms with van der Waals surface area (Å²) in [7, 11) is 0. The van der Waals surface area contributed by atoms with Gasteiger partial charge in [-0.25, -0.2) is 9.97 Å². The molecule has 1 atom stereocenters. The molecule has 2 aliphatic heterocycles. The van der Waals surface area contributed by atoms with Crippen LogP contribution in [0.1, 0.15) is 29.3 Å². The standard InChI is InChI=1S/C21H26N6O2S/c1-14-11-23-21(30-14)25-19-17-3-2-7-27(17)13-16(24-19)15-4-8-26(9-5-15)20(28)18-12-22-6-10-29-18/h2-3,7,11,13,15,18,22H,4-6,8-10,12H2,1H3,(H,23,24,25). The van der Waals surface area contributed by atoms with Crippen molar-refractivity contribution >= 4 is 33.7 Å². The largest absolute Gasteiger partial charge is 0.366 e. The number of rotatable bonds is 4. The summed E-state index contributed by atoms with van der Waals surface area (Å²) in [6.45, 7) is 5.55. The van der Waals surface area contributed by atoms with Gasteiger partial charge >= 0.3 is 0 Å². The Morgan fingerprint density at radius 1 is 1.37 bits per heavy atom. The molecule has 1 unspecified atom stereocenters. The highest BCUT2D eigenvalue weighted by molar-refractivity contribution is 7.15. The van der Waals surface area contributed by atoms with Gasteiger partial charge in [0, 0.05) is 55.6 Å². The highest BCUT2D eigenvalue weighted by Crippen LogP contribution is 2.31. The molecule has 8 nitrogen and oxygen atoms in total. The molecule has 5 rings (SSSR count). The van der Waals surface area contributed by atoms with Gasteiger partial charge in [0.15, 0.2) is 10.9 Å². The maximum Gasteiger partial charge on any atom is 0.253 e. The number of carbonyl (C=O) groups is 1. The van der Waals surface area contributed by atoms with Gasteiger partial charge < -0.3 is 24.7 Å². The fourth-order valence-corrected chi connectivity index (χ4v) is 4.85. The molecule has 0 aliphatic carbocycles. The van der Waals surface area contributed by atoms with Crippen LogP contribution in [0, 0.1) is 6.92 Å². The quantitative estimate of drug-likeness (QED) is 0.667. The minimum atomic E-state index is -0.345. The monoisotopic (exact) mass is 426 g/mol. The fourth-order valence-electron chi connectivity index (χ4n) is 4.19. The molecule has 3 aromatic heterocycles. The van der Waals surface area contributed by atoms with Gasteiger partial charge in [-0.2, -0.15) is 0 Å². The number of hydrogen-bond acceptors (Lipinski definition) is 7. The Bertz CT molecular complexity index is 1030. The van der Waals surface area contributed by atoms with E-state index in [2.05, 4.69) is 32.3 Å². The number of thiazole rings is 1. The normalized spacial score (nSPS) is 20.6. The summed E-state index contributed by atoms with van der Waals surface area (Å²) in [6.07, 6.45) is 7.49. The number of piperidine rings is 1. The first kappa shape index (κ1) is 19.5. The SMILES string of the molecule is Cc1cnc(Nc2nc(C3CCN(C(=O)C4CNCCO4)CC3)cn3cccc23)s1. The molecule has 5 heterocycles. The van der Waals surface area contributed by atoms with Crippen molar-refractivity contribution in [3.05, 3.63) is 41.3 Å². The van der Waals surface area contributed by atoms with Crippen LogP contribution < -0.4 is 10.6 Å². The van der Waals surface area contributed by atoms with Crippen LogP contribution >= 0.6 is 11.3 Å². The van der Waals surface area contributed by atoms with Crippen molar-refractivity contribution in [3.8, 4) is 0 Å². The molecule has 0 saturated carbocycles. The number of nitrogens with one attached hydrogen (secondary N) is 2. The third-order valence-corrected chi connectivity index (χ3v) is 6.64. The number of anilines is 2. The molecule has 2 N–H and O–H groups in total. The Hall–Kier alpha value is -2.49. The van der Waals surface area contributed by atoms with E-state index in [0.29, 0.717) is 19.1 Å². The zero-order chi connectivity index (χ0) is 20.5. The number of morpholine rings is 1. The van der Waals surface area contributed by atoms with E-state index in [4.69, 9.17) is 9.72 Å². The van der Waals surface area contributed by atoms with Crippen molar-refractivity contribution < 1.29 is 9.53 Å². The molecule has 0 spiro atoms. The fraction of sp³-hybridized carbons (Fsp3) is 0.476. The van der Waals surface area contributed by atoms with E-state index in [-0.39, 0.29) is 12.0 Å². The highest BCUT2D eigenvalue weighted by Gasteiger charge is 2.31. The van der Waals surface area contributed by atoms with Crippen molar-refractivity contribution in [2.75, 3.05) is 38.1 Å². The minimum Gasteiger partial charge on any atom is -0.366 e. The molecular weight excluding hydrogens is 400 g/mol. The Morgan fingerprint density at radius 3 is 2.97 bits per heavy atom. The molecule has 0 radical (unpaired) electrons. The average molecular weight is 427 g/mol. The van der Waals surface area contributed by atoms with Crippen molar-refractivity contribution in [2.45, 2.75) is 31.8 Å². The molecule has 9 heteroatoms. The zero-order valence-corrected chi connectivity index (χ0v) is 17.8. The number of likely N-dealkylation sites (tertiary alicyclic amines) is 1. The maximum absolute atomic E-state index is 12.7. The van der Waals surface area contributed by atoms with Crippen LogP contribution in [0.5, 0.6) is 0 Å². The molecule has 2 fully saturated rings. The van der Waals surface area contributed by atoms with Gasteiger partial charge in [-0.05, 0) is 31.9 Å². The first-order valence-electron chi connectivity index (χ1n) is 10.5. The summed E-state index contributed by atoms with van der Waals surface area (Å²) < 4.78 is 7.75. The van der Waals surface area contributed by atoms with Crippen LogP contribution in [-0.4, -0.2) is 64.1 Å². The molecular formula is C21H26N6O2S. The van der Waals surface area contributed by atoms with Crippen molar-refractivity contribution in [1.29, 1.82) is 0 Å². The number of fused-ring (bicyclic) bond motifs is 1. The lowest BCUT2D eigenvalue weighted by Gasteiger charge is -2.35. The Balaban J connectivity index is 1.31. The number of aromatic nitrogens is 3.